The summed E-state index contributed by atoms with van der Waals surface area (Å²) in [5.74, 6) is -1.86. The number of hydrogen-bond acceptors (Lipinski definition) is 11. The van der Waals surface area contributed by atoms with E-state index in [1.807, 2.05) is 6.07 Å². The van der Waals surface area contributed by atoms with E-state index in [4.69, 9.17) is 18.9 Å². The van der Waals surface area contributed by atoms with E-state index in [-0.39, 0.29) is 25.3 Å². The van der Waals surface area contributed by atoms with Crippen molar-refractivity contribution in [3.63, 3.8) is 0 Å². The Labute approximate surface area is 310 Å². The highest BCUT2D eigenvalue weighted by Gasteiger charge is 2.62. The van der Waals surface area contributed by atoms with Crippen LogP contribution in [-0.4, -0.2) is 102 Å². The third-order valence-corrected chi connectivity index (χ3v) is 11.1. The Balaban J connectivity index is 1.47. The van der Waals surface area contributed by atoms with Gasteiger partial charge in [0.25, 0.3) is 5.91 Å². The number of ether oxygens (including phenoxy) is 4. The number of fused-ring (bicyclic) bond motifs is 1. The Morgan fingerprint density at radius 1 is 1.08 bits per heavy atom. The molecule has 3 N–H and O–H groups in total. The van der Waals surface area contributed by atoms with E-state index < -0.39 is 86.0 Å². The summed E-state index contributed by atoms with van der Waals surface area (Å²) in [5, 5.41) is 6.24. The Hall–Kier alpha value is -4.44. The van der Waals surface area contributed by atoms with Crippen molar-refractivity contribution in [3.8, 4) is 11.6 Å². The van der Waals surface area contributed by atoms with E-state index in [1.54, 1.807) is 80.0 Å². The van der Waals surface area contributed by atoms with Gasteiger partial charge in [-0.3, -0.25) is 19.1 Å². The summed E-state index contributed by atoms with van der Waals surface area (Å²) >= 11 is 0. The molecule has 1 aromatic carbocycles. The Morgan fingerprint density at radius 2 is 1.77 bits per heavy atom. The van der Waals surface area contributed by atoms with Crippen LogP contribution in [0.15, 0.2) is 43.1 Å². The van der Waals surface area contributed by atoms with Crippen LogP contribution in [0.3, 0.4) is 0 Å². The number of carbonyl (C=O) groups is 4. The molecule has 290 valence electrons. The van der Waals surface area contributed by atoms with E-state index in [1.165, 1.54) is 11.0 Å². The lowest BCUT2D eigenvalue weighted by atomic mass is 10.1. The van der Waals surface area contributed by atoms with Crippen molar-refractivity contribution in [2.24, 2.45) is 5.92 Å². The molecule has 3 fully saturated rings. The topological polar surface area (TPSA) is 192 Å². The zero-order valence-corrected chi connectivity index (χ0v) is 32.4. The van der Waals surface area contributed by atoms with Crippen LogP contribution in [0.2, 0.25) is 0 Å². The molecular formula is C37H51N5O10S. The molecule has 5 rings (SSSR count). The van der Waals surface area contributed by atoms with Gasteiger partial charge in [0.05, 0.1) is 30.6 Å². The predicted octanol–water partition coefficient (Wildman–Crippen LogP) is 3.36. The second kappa shape index (κ2) is 14.8. The number of carbonyl (C=O) groups excluding carboxylic acids is 4. The van der Waals surface area contributed by atoms with Crippen LogP contribution in [0, 0.1) is 5.92 Å². The average Bonchev–Trinajstić information content (AvgIpc) is 3.98. The van der Waals surface area contributed by atoms with Crippen LogP contribution in [-0.2, 0) is 33.9 Å². The van der Waals surface area contributed by atoms with Gasteiger partial charge in [-0.05, 0) is 97.4 Å². The fraction of sp³-hybridized carbons (Fsp3) is 0.595. The first kappa shape index (κ1) is 39.8. The minimum absolute atomic E-state index is 0.0176. The van der Waals surface area contributed by atoms with Crippen LogP contribution in [0.5, 0.6) is 11.6 Å². The van der Waals surface area contributed by atoms with Gasteiger partial charge in [0, 0.05) is 23.9 Å². The molecule has 53 heavy (non-hydrogen) atoms. The van der Waals surface area contributed by atoms with Crippen molar-refractivity contribution in [3.05, 3.63) is 43.1 Å². The normalized spacial score (nSPS) is 24.1. The molecule has 16 heteroatoms. The lowest BCUT2D eigenvalue weighted by Crippen LogP contribution is -2.60. The third kappa shape index (κ3) is 9.39. The largest absolute Gasteiger partial charge is 0.497 e. The van der Waals surface area contributed by atoms with Gasteiger partial charge in [-0.15, -0.1) is 6.58 Å². The first-order valence-corrected chi connectivity index (χ1v) is 19.3. The number of likely N-dealkylation sites (tertiary alicyclic amines) is 1. The van der Waals surface area contributed by atoms with Crippen molar-refractivity contribution in [1.29, 1.82) is 0 Å². The number of hydrogen-bond donors (Lipinski definition) is 3. The molecule has 2 heterocycles. The lowest BCUT2D eigenvalue weighted by molar-refractivity contribution is -0.146. The summed E-state index contributed by atoms with van der Waals surface area (Å²) < 4.78 is 50.9. The van der Waals surface area contributed by atoms with Gasteiger partial charge >= 0.3 is 6.09 Å². The Morgan fingerprint density at radius 3 is 2.36 bits per heavy atom. The SMILES string of the molecule is C=C[C@@H]1C[C@]1(NC(=O)[C@@H]1C[C@@H](Oc2nccc3cc(OC)ccc23)CN1C(=O)C(NC(=O)OC(C)(C)C)[C@@H](C)OC(C)(C)C)C(=O)NS(=O)(=O)C1CC1. The zero-order chi connectivity index (χ0) is 39.1. The molecule has 2 aliphatic carbocycles. The van der Waals surface area contributed by atoms with E-state index in [2.05, 4.69) is 26.9 Å². The number of pyridine rings is 1. The lowest BCUT2D eigenvalue weighted by Gasteiger charge is -2.35. The fourth-order valence-electron chi connectivity index (χ4n) is 6.52. The molecule has 4 amide bonds. The molecule has 1 aromatic heterocycles. The number of nitrogens with one attached hydrogen (secondary N) is 3. The van der Waals surface area contributed by atoms with Gasteiger partial charge in [0.15, 0.2) is 0 Å². The second-order valence-electron chi connectivity index (χ2n) is 15.9. The number of amides is 4. The highest BCUT2D eigenvalue weighted by atomic mass is 32.2. The smallest absolute Gasteiger partial charge is 0.408 e. The minimum atomic E-state index is -3.92. The number of aromatic nitrogens is 1. The molecule has 1 unspecified atom stereocenters. The summed E-state index contributed by atoms with van der Waals surface area (Å²) in [6, 6.07) is 4.68. The number of rotatable bonds is 13. The molecule has 0 spiro atoms. The van der Waals surface area contributed by atoms with E-state index in [0.29, 0.717) is 24.0 Å². The van der Waals surface area contributed by atoms with Crippen LogP contribution in [0.1, 0.15) is 74.1 Å². The maximum atomic E-state index is 14.6. The van der Waals surface area contributed by atoms with Crippen LogP contribution in [0.25, 0.3) is 10.8 Å². The summed E-state index contributed by atoms with van der Waals surface area (Å²) in [6.07, 6.45) is 1.56. The van der Waals surface area contributed by atoms with Crippen LogP contribution >= 0.6 is 0 Å². The van der Waals surface area contributed by atoms with Gasteiger partial charge in [-0.1, -0.05) is 6.08 Å². The Kier molecular flexibility index (Phi) is 11.1. The highest BCUT2D eigenvalue weighted by Crippen LogP contribution is 2.45. The van der Waals surface area contributed by atoms with Crippen molar-refractivity contribution >= 4 is 44.6 Å². The molecule has 6 atom stereocenters. The minimum Gasteiger partial charge on any atom is -0.497 e. The summed E-state index contributed by atoms with van der Waals surface area (Å²) in [6.45, 7) is 15.8. The van der Waals surface area contributed by atoms with Gasteiger partial charge < -0.3 is 34.5 Å². The number of benzene rings is 1. The molecule has 1 aliphatic heterocycles. The van der Waals surface area contributed by atoms with E-state index in [9.17, 15) is 27.6 Å². The van der Waals surface area contributed by atoms with Gasteiger partial charge in [-0.2, -0.15) is 0 Å². The quantitative estimate of drug-likeness (QED) is 0.254. The average molecular weight is 758 g/mol. The van der Waals surface area contributed by atoms with Crippen molar-refractivity contribution in [1.82, 2.24) is 25.2 Å². The Bertz CT molecular complexity index is 1870. The maximum Gasteiger partial charge on any atom is 0.408 e. The first-order chi connectivity index (χ1) is 24.7. The monoisotopic (exact) mass is 757 g/mol. The summed E-state index contributed by atoms with van der Waals surface area (Å²) in [4.78, 5) is 61.2. The molecule has 0 bridgehead atoms. The molecule has 0 radical (unpaired) electrons. The number of methoxy groups -OCH3 is 1. The standard InChI is InChI=1S/C37H51N5O10S/c1-10-23-19-37(23,33(45)41-53(47,48)26-12-13-26)40-30(43)28-18-25(50-31-27-14-11-24(49-9)17-22(27)15-16-38-31)20-42(28)32(44)29(21(2)51-35(3,4)5)39-34(46)52-36(6,7)8/h10-11,14-17,21,23,25-26,28-29H,1,12-13,18-20H2,2-9H3,(H,39,46)(H,40,43)(H,41,45)/t21-,23-,25-,28+,29?,37-/m1/s1. The number of sulfonamides is 1. The summed E-state index contributed by atoms with van der Waals surface area (Å²) in [5.41, 5.74) is -3.17. The van der Waals surface area contributed by atoms with Crippen molar-refractivity contribution < 1.29 is 46.5 Å². The zero-order valence-electron chi connectivity index (χ0n) is 31.6. The number of nitrogens with zero attached hydrogens (tertiary/aromatic N) is 2. The van der Waals surface area contributed by atoms with Gasteiger partial charge in [0.2, 0.25) is 27.7 Å². The first-order valence-electron chi connectivity index (χ1n) is 17.7. The molecular weight excluding hydrogens is 706 g/mol. The fourth-order valence-corrected chi connectivity index (χ4v) is 7.88. The maximum absolute atomic E-state index is 14.6. The summed E-state index contributed by atoms with van der Waals surface area (Å²) in [7, 11) is -2.36. The van der Waals surface area contributed by atoms with Crippen molar-refractivity contribution in [2.45, 2.75) is 120 Å². The predicted molar refractivity (Wildman–Crippen MR) is 196 cm³/mol. The molecule has 3 aliphatic rings. The van der Waals surface area contributed by atoms with E-state index in [0.717, 1.165) is 5.39 Å². The van der Waals surface area contributed by atoms with Crippen LogP contribution in [0.4, 0.5) is 4.79 Å². The van der Waals surface area contributed by atoms with E-state index >= 15 is 0 Å². The molecule has 1 saturated heterocycles. The van der Waals surface area contributed by atoms with Gasteiger partial charge in [-0.25, -0.2) is 18.2 Å². The molecule has 2 aromatic rings. The van der Waals surface area contributed by atoms with Crippen molar-refractivity contribution in [2.75, 3.05) is 13.7 Å². The van der Waals surface area contributed by atoms with Gasteiger partial charge in [0.1, 0.15) is 35.1 Å². The molecule has 2 saturated carbocycles. The molecule has 15 nitrogen and oxygen atoms in total. The third-order valence-electron chi connectivity index (χ3n) is 9.26. The van der Waals surface area contributed by atoms with Crippen LogP contribution < -0.4 is 24.8 Å². The second-order valence-corrected chi connectivity index (χ2v) is 17.9. The number of alkyl carbamates (subject to hydrolysis) is 1. The highest BCUT2D eigenvalue weighted by molar-refractivity contribution is 7.91.